The molecule has 0 bridgehead atoms. The number of fused-ring (bicyclic) bond motifs is 1. The number of rotatable bonds is 11. The highest BCUT2D eigenvalue weighted by Crippen LogP contribution is 2.42. The fraction of sp³-hybridized carbons (Fsp3) is 0.321. The van der Waals surface area contributed by atoms with Gasteiger partial charge in [-0.1, -0.05) is 69.2 Å². The zero-order valence-corrected chi connectivity index (χ0v) is 22.7. The minimum atomic E-state index is -4.06. The number of aryl methyl sites for hydroxylation is 1. The minimum absolute atomic E-state index is 0.0265. The van der Waals surface area contributed by atoms with Gasteiger partial charge in [0.05, 0.1) is 11.4 Å². The fourth-order valence-corrected chi connectivity index (χ4v) is 6.16. The molecule has 2 N–H and O–H groups in total. The maximum atomic E-state index is 14.1. The molecule has 3 aromatic carbocycles. The number of H-pyrrole nitrogens is 1. The maximum Gasteiger partial charge on any atom is 0.299 e. The SMILES string of the molecule is CCCCN(CCCC)S(=O)(=O)c1c(N=Nc2c(C)[nH]n(-c3ccccc3)c2=O)c(O)cc2ccccc12. The van der Waals surface area contributed by atoms with Gasteiger partial charge in [-0.15, -0.1) is 10.2 Å². The number of hydrogen-bond donors (Lipinski definition) is 2. The van der Waals surface area contributed by atoms with Crippen LogP contribution in [0.15, 0.2) is 80.6 Å². The minimum Gasteiger partial charge on any atom is -0.506 e. The Bertz CT molecular complexity index is 1600. The van der Waals surface area contributed by atoms with Gasteiger partial charge >= 0.3 is 0 Å². The van der Waals surface area contributed by atoms with E-state index in [4.69, 9.17) is 0 Å². The summed E-state index contributed by atoms with van der Waals surface area (Å²) in [6.07, 6.45) is 3.09. The summed E-state index contributed by atoms with van der Waals surface area (Å²) < 4.78 is 31.0. The molecule has 0 aliphatic rings. The Labute approximate surface area is 222 Å². The lowest BCUT2D eigenvalue weighted by atomic mass is 10.1. The Morgan fingerprint density at radius 2 is 1.53 bits per heavy atom. The molecule has 0 saturated carbocycles. The number of phenols is 1. The maximum absolute atomic E-state index is 14.1. The number of nitrogens with zero attached hydrogens (tertiary/aromatic N) is 4. The van der Waals surface area contributed by atoms with Crippen LogP contribution in [0.2, 0.25) is 0 Å². The Hall–Kier alpha value is -3.76. The number of nitrogens with one attached hydrogen (secondary N) is 1. The van der Waals surface area contributed by atoms with E-state index in [-0.39, 0.29) is 22.0 Å². The number of para-hydroxylation sites is 1. The second kappa shape index (κ2) is 11.7. The number of benzene rings is 3. The van der Waals surface area contributed by atoms with Gasteiger partial charge in [-0.25, -0.2) is 13.1 Å². The molecule has 0 amide bonds. The third kappa shape index (κ3) is 5.41. The number of azo groups is 1. The third-order valence-electron chi connectivity index (χ3n) is 6.38. The molecule has 38 heavy (non-hydrogen) atoms. The second-order valence-electron chi connectivity index (χ2n) is 9.17. The molecule has 0 fully saturated rings. The number of sulfonamides is 1. The summed E-state index contributed by atoms with van der Waals surface area (Å²) in [4.78, 5) is 13.0. The van der Waals surface area contributed by atoms with E-state index in [0.717, 1.165) is 12.8 Å². The van der Waals surface area contributed by atoms with Gasteiger partial charge in [0, 0.05) is 18.5 Å². The van der Waals surface area contributed by atoms with Gasteiger partial charge in [0.2, 0.25) is 10.0 Å². The lowest BCUT2D eigenvalue weighted by Crippen LogP contribution is -2.33. The monoisotopic (exact) mass is 535 g/mol. The van der Waals surface area contributed by atoms with Gasteiger partial charge in [0.25, 0.3) is 5.56 Å². The van der Waals surface area contributed by atoms with E-state index in [1.165, 1.54) is 15.1 Å². The van der Waals surface area contributed by atoms with Crippen LogP contribution in [0, 0.1) is 6.92 Å². The lowest BCUT2D eigenvalue weighted by Gasteiger charge is -2.23. The second-order valence-corrected chi connectivity index (χ2v) is 11.0. The number of unbranched alkanes of at least 4 members (excludes halogenated alkanes) is 2. The van der Waals surface area contributed by atoms with Crippen molar-refractivity contribution >= 4 is 32.2 Å². The molecule has 1 heterocycles. The molecule has 0 aliphatic carbocycles. The molecule has 0 unspecified atom stereocenters. The summed E-state index contributed by atoms with van der Waals surface area (Å²) in [5, 5.41) is 23.3. The zero-order valence-electron chi connectivity index (χ0n) is 21.9. The quantitative estimate of drug-likeness (QED) is 0.218. The summed E-state index contributed by atoms with van der Waals surface area (Å²) in [5.74, 6) is -0.325. The van der Waals surface area contributed by atoms with E-state index in [9.17, 15) is 18.3 Å². The Balaban J connectivity index is 1.89. The molecule has 0 saturated heterocycles. The summed E-state index contributed by atoms with van der Waals surface area (Å²) in [6.45, 7) is 6.42. The zero-order chi connectivity index (χ0) is 27.3. The topological polar surface area (TPSA) is 120 Å². The average Bonchev–Trinajstić information content (AvgIpc) is 3.20. The Morgan fingerprint density at radius 1 is 0.921 bits per heavy atom. The predicted octanol–water partition coefficient (Wildman–Crippen LogP) is 6.34. The smallest absolute Gasteiger partial charge is 0.299 e. The first-order valence-corrected chi connectivity index (χ1v) is 14.3. The van der Waals surface area contributed by atoms with E-state index in [1.54, 1.807) is 43.3 Å². The van der Waals surface area contributed by atoms with Crippen LogP contribution < -0.4 is 5.56 Å². The van der Waals surface area contributed by atoms with Gasteiger partial charge < -0.3 is 5.11 Å². The molecule has 10 heteroatoms. The number of phenolic OH excluding ortho intramolecular Hbond substituents is 1. The van der Waals surface area contributed by atoms with Crippen LogP contribution >= 0.6 is 0 Å². The van der Waals surface area contributed by atoms with E-state index in [0.29, 0.717) is 48.1 Å². The number of aromatic hydroxyl groups is 1. The molecule has 0 radical (unpaired) electrons. The normalized spacial score (nSPS) is 12.2. The van der Waals surface area contributed by atoms with Crippen LogP contribution in [0.4, 0.5) is 11.4 Å². The van der Waals surface area contributed by atoms with E-state index in [1.807, 2.05) is 32.0 Å². The van der Waals surface area contributed by atoms with Gasteiger partial charge in [-0.3, -0.25) is 9.89 Å². The number of hydrogen-bond acceptors (Lipinski definition) is 6. The first-order valence-electron chi connectivity index (χ1n) is 12.8. The molecule has 4 aromatic rings. The van der Waals surface area contributed by atoms with E-state index >= 15 is 0 Å². The van der Waals surface area contributed by atoms with Crippen LogP contribution in [0.1, 0.15) is 45.2 Å². The van der Waals surface area contributed by atoms with Gasteiger partial charge in [-0.05, 0) is 43.4 Å². The highest BCUT2D eigenvalue weighted by atomic mass is 32.2. The van der Waals surface area contributed by atoms with Crippen LogP contribution in [0.5, 0.6) is 5.75 Å². The number of aromatic amines is 1. The Kier molecular flexibility index (Phi) is 8.43. The lowest BCUT2D eigenvalue weighted by molar-refractivity contribution is 0.395. The third-order valence-corrected chi connectivity index (χ3v) is 8.35. The van der Waals surface area contributed by atoms with Crippen LogP contribution in [-0.2, 0) is 10.0 Å². The van der Waals surface area contributed by atoms with Crippen molar-refractivity contribution in [3.05, 3.63) is 76.7 Å². The highest BCUT2D eigenvalue weighted by molar-refractivity contribution is 7.89. The van der Waals surface area contributed by atoms with Gasteiger partial charge in [0.15, 0.2) is 5.69 Å². The summed E-state index contributed by atoms with van der Waals surface area (Å²) >= 11 is 0. The fourth-order valence-electron chi connectivity index (χ4n) is 4.31. The molecular formula is C28H33N5O4S. The van der Waals surface area contributed by atoms with Crippen molar-refractivity contribution in [3.63, 3.8) is 0 Å². The molecule has 1 aromatic heterocycles. The summed E-state index contributed by atoms with van der Waals surface area (Å²) in [6, 6.07) is 17.5. The van der Waals surface area contributed by atoms with Crippen molar-refractivity contribution in [1.29, 1.82) is 0 Å². The van der Waals surface area contributed by atoms with E-state index < -0.39 is 15.6 Å². The van der Waals surface area contributed by atoms with Gasteiger partial charge in [-0.2, -0.15) is 4.31 Å². The predicted molar refractivity (Wildman–Crippen MR) is 149 cm³/mol. The van der Waals surface area contributed by atoms with Crippen LogP contribution in [-0.4, -0.2) is 40.7 Å². The van der Waals surface area contributed by atoms with Crippen molar-refractivity contribution in [2.45, 2.75) is 51.3 Å². The molecule has 0 atom stereocenters. The molecule has 9 nitrogen and oxygen atoms in total. The molecule has 4 rings (SSSR count). The number of aromatic nitrogens is 2. The van der Waals surface area contributed by atoms with Crippen molar-refractivity contribution in [3.8, 4) is 11.4 Å². The largest absolute Gasteiger partial charge is 0.506 e. The first-order chi connectivity index (χ1) is 18.3. The van der Waals surface area contributed by atoms with Crippen molar-refractivity contribution in [2.75, 3.05) is 13.1 Å². The standard InChI is InChI=1S/C28H33N5O4S/c1-4-6-17-32(18-7-5-2)38(36,37)27-23-16-12-11-13-21(23)19-24(34)26(27)30-29-25-20(3)31-33(28(25)35)22-14-9-8-10-15-22/h8-16,19,31,34H,4-7,17-18H2,1-3H3. The molecule has 0 aliphatic heterocycles. The van der Waals surface area contributed by atoms with Crippen molar-refractivity contribution in [1.82, 2.24) is 14.1 Å². The highest BCUT2D eigenvalue weighted by Gasteiger charge is 2.31. The Morgan fingerprint density at radius 3 is 2.18 bits per heavy atom. The van der Waals surface area contributed by atoms with E-state index in [2.05, 4.69) is 15.3 Å². The average molecular weight is 536 g/mol. The van der Waals surface area contributed by atoms with Crippen molar-refractivity contribution in [2.24, 2.45) is 10.2 Å². The van der Waals surface area contributed by atoms with Crippen LogP contribution in [0.3, 0.4) is 0 Å². The molecular weight excluding hydrogens is 502 g/mol. The molecule has 0 spiro atoms. The summed E-state index contributed by atoms with van der Waals surface area (Å²) in [5.41, 5.74) is 0.488. The first kappa shape index (κ1) is 27.3. The molecule has 200 valence electrons. The van der Waals surface area contributed by atoms with Crippen LogP contribution in [0.25, 0.3) is 16.5 Å². The summed E-state index contributed by atoms with van der Waals surface area (Å²) in [7, 11) is -4.06. The van der Waals surface area contributed by atoms with Gasteiger partial charge in [0.1, 0.15) is 16.3 Å². The van der Waals surface area contributed by atoms with Crippen molar-refractivity contribution < 1.29 is 13.5 Å².